The molecule has 0 saturated carbocycles. The van der Waals surface area contributed by atoms with Gasteiger partial charge >= 0.3 is 10.4 Å². The van der Waals surface area contributed by atoms with Crippen LogP contribution in [0.1, 0.15) is 0 Å². The van der Waals surface area contributed by atoms with E-state index in [0.29, 0.717) is 0 Å². The van der Waals surface area contributed by atoms with Crippen molar-refractivity contribution in [2.24, 2.45) is 0 Å². The minimum atomic E-state index is -4.67. The molecule has 4 nitrogen and oxygen atoms in total. The van der Waals surface area contributed by atoms with Crippen LogP contribution in [0, 0.1) is 0 Å². The van der Waals surface area contributed by atoms with Crippen LogP contribution in [-0.2, 0) is 10.4 Å². The van der Waals surface area contributed by atoms with E-state index < -0.39 is 10.4 Å². The summed E-state index contributed by atoms with van der Waals surface area (Å²) in [6.07, 6.45) is 0. The fourth-order valence-electron chi connectivity index (χ4n) is 0. The fraction of sp³-hybridized carbons (Fsp3) is 0. The molecule has 0 spiro atoms. The molecule has 0 rings (SSSR count). The molecule has 0 unspecified atom stereocenters. The Morgan fingerprint density at radius 2 is 1.00 bits per heavy atom. The second-order valence-corrected chi connectivity index (χ2v) is 1.34. The Morgan fingerprint density at radius 3 is 1.00 bits per heavy atom. The van der Waals surface area contributed by atoms with Crippen molar-refractivity contribution < 1.29 is 17.5 Å². The summed E-state index contributed by atoms with van der Waals surface area (Å²) < 4.78 is 31.6. The lowest BCUT2D eigenvalue weighted by molar-refractivity contribution is 0.381. The van der Waals surface area contributed by atoms with Gasteiger partial charge in [-0.05, 0) is 0 Å². The molecule has 0 atom stereocenters. The van der Waals surface area contributed by atoms with Crippen LogP contribution in [0.4, 0.5) is 0 Å². The Morgan fingerprint density at radius 1 is 1.00 bits per heavy atom. The van der Waals surface area contributed by atoms with E-state index in [4.69, 9.17) is 17.5 Å². The number of rotatable bonds is 0. The lowest BCUT2D eigenvalue weighted by atomic mass is 15.8. The van der Waals surface area contributed by atoms with Gasteiger partial charge < -0.3 is 0 Å². The molecule has 44 valence electrons. The second kappa shape index (κ2) is 5.08. The molecule has 0 radical (unpaired) electrons. The minimum absolute atomic E-state index is 0. The van der Waals surface area contributed by atoms with Crippen LogP contribution in [0.5, 0.6) is 0 Å². The Bertz CT molecular complexity index is 92.9. The third kappa shape index (κ3) is 193. The summed E-state index contributed by atoms with van der Waals surface area (Å²) in [5, 5.41) is 0. The molecule has 0 aliphatic carbocycles. The number of hydrogen-bond donors (Lipinski definition) is 2. The van der Waals surface area contributed by atoms with E-state index in [2.05, 4.69) is 0 Å². The minimum Gasteiger partial charge on any atom is -0.264 e. The highest BCUT2D eigenvalue weighted by molar-refractivity contribution is 7.79. The van der Waals surface area contributed by atoms with E-state index in [1.54, 1.807) is 0 Å². The monoisotopic (exact) mass is 158 g/mol. The van der Waals surface area contributed by atoms with E-state index in [0.717, 1.165) is 0 Å². The van der Waals surface area contributed by atoms with Gasteiger partial charge in [-0.15, -0.1) is 0 Å². The maximum absolute atomic E-state index is 8.74. The van der Waals surface area contributed by atoms with Gasteiger partial charge in [0.15, 0.2) is 34.7 Å². The normalized spacial score (nSPS) is 8.29. The summed E-state index contributed by atoms with van der Waals surface area (Å²) in [5.74, 6) is 0. The first-order valence-corrected chi connectivity index (χ1v) is 2.10. The van der Waals surface area contributed by atoms with Crippen LogP contribution >= 0.6 is 0 Å². The zero-order chi connectivity index (χ0) is 4.50. The van der Waals surface area contributed by atoms with Crippen LogP contribution in [0.15, 0.2) is 0 Å². The van der Waals surface area contributed by atoms with E-state index in [1.807, 2.05) is 0 Å². The molecule has 0 saturated heterocycles. The maximum atomic E-state index is 8.74. The van der Waals surface area contributed by atoms with Crippen LogP contribution in [0.25, 0.3) is 0 Å². The molecular formula is H8Al2O4S. The summed E-state index contributed by atoms with van der Waals surface area (Å²) in [4.78, 5) is 0. The smallest absolute Gasteiger partial charge is 0.264 e. The largest absolute Gasteiger partial charge is 0.394 e. The molecule has 0 aliphatic heterocycles. The quantitative estimate of drug-likeness (QED) is 0.290. The van der Waals surface area contributed by atoms with Crippen molar-refractivity contribution in [2.45, 2.75) is 0 Å². The third-order valence-corrected chi connectivity index (χ3v) is 0. The first-order valence-electron chi connectivity index (χ1n) is 0.698. The molecule has 0 aliphatic rings. The third-order valence-electron chi connectivity index (χ3n) is 0. The van der Waals surface area contributed by atoms with E-state index in [9.17, 15) is 0 Å². The van der Waals surface area contributed by atoms with Crippen molar-refractivity contribution in [1.82, 2.24) is 0 Å². The Balaban J connectivity index is -0.0000000800. The van der Waals surface area contributed by atoms with Crippen molar-refractivity contribution in [3.05, 3.63) is 0 Å². The molecule has 0 aromatic rings. The van der Waals surface area contributed by atoms with Crippen LogP contribution in [0.2, 0.25) is 0 Å². The second-order valence-electron chi connectivity index (χ2n) is 0.448. The summed E-state index contributed by atoms with van der Waals surface area (Å²) >= 11 is 0. The molecular weight excluding hydrogens is 150 g/mol. The Kier molecular flexibility index (Phi) is 11.4. The summed E-state index contributed by atoms with van der Waals surface area (Å²) in [6, 6.07) is 0. The van der Waals surface area contributed by atoms with Gasteiger partial charge in [0.25, 0.3) is 0 Å². The molecule has 7 heavy (non-hydrogen) atoms. The maximum Gasteiger partial charge on any atom is 0.394 e. The first kappa shape index (κ1) is 15.7. The fourth-order valence-corrected chi connectivity index (χ4v) is 0. The Labute approximate surface area is 62.8 Å². The SMILES string of the molecule is O=S(=O)(O)O.[AlH3].[AlH3]. The van der Waals surface area contributed by atoms with Gasteiger partial charge in [0.2, 0.25) is 0 Å². The van der Waals surface area contributed by atoms with Crippen molar-refractivity contribution in [1.29, 1.82) is 0 Å². The highest BCUT2D eigenvalue weighted by Gasteiger charge is 1.84. The molecule has 0 bridgehead atoms. The molecule has 7 heteroatoms. The standard InChI is InChI=1S/2Al.H2O4S.6H/c;;1-5(2,3)4;;;;;;/h;;(H2,1,2,3,4);;;;;;. The van der Waals surface area contributed by atoms with Crippen molar-refractivity contribution in [3.63, 3.8) is 0 Å². The van der Waals surface area contributed by atoms with Gasteiger partial charge in [-0.3, -0.25) is 9.11 Å². The summed E-state index contributed by atoms with van der Waals surface area (Å²) in [5.41, 5.74) is 0. The molecule has 0 aromatic heterocycles. The van der Waals surface area contributed by atoms with Crippen LogP contribution in [0.3, 0.4) is 0 Å². The highest BCUT2D eigenvalue weighted by atomic mass is 32.3. The van der Waals surface area contributed by atoms with Gasteiger partial charge in [-0.1, -0.05) is 0 Å². The summed E-state index contributed by atoms with van der Waals surface area (Å²) in [6.45, 7) is 0. The predicted octanol–water partition coefficient (Wildman–Crippen LogP) is -3.02. The average Bonchev–Trinajstić information content (AvgIpc) is 0.722. The lowest BCUT2D eigenvalue weighted by Gasteiger charge is -1.68. The van der Waals surface area contributed by atoms with E-state index in [-0.39, 0.29) is 34.7 Å². The average molecular weight is 158 g/mol. The van der Waals surface area contributed by atoms with Gasteiger partial charge in [0.1, 0.15) is 0 Å². The Hall–Kier alpha value is 0.935. The zero-order valence-electron chi connectivity index (χ0n) is 2.12. The summed E-state index contributed by atoms with van der Waals surface area (Å²) in [7, 11) is -4.67. The first-order chi connectivity index (χ1) is 2.00. The van der Waals surface area contributed by atoms with Gasteiger partial charge in [0, 0.05) is 0 Å². The van der Waals surface area contributed by atoms with Crippen LogP contribution in [-0.4, -0.2) is 52.2 Å². The lowest BCUT2D eigenvalue weighted by Crippen LogP contribution is -1.89. The topological polar surface area (TPSA) is 74.6 Å². The van der Waals surface area contributed by atoms with Crippen molar-refractivity contribution >= 4 is 45.1 Å². The predicted molar refractivity (Wildman–Crippen MR) is 34.1 cm³/mol. The van der Waals surface area contributed by atoms with Gasteiger partial charge in [-0.25, -0.2) is 0 Å². The van der Waals surface area contributed by atoms with Gasteiger partial charge in [0.05, 0.1) is 0 Å². The van der Waals surface area contributed by atoms with Gasteiger partial charge in [-0.2, -0.15) is 8.42 Å². The molecule has 0 fully saturated rings. The van der Waals surface area contributed by atoms with Crippen molar-refractivity contribution in [3.8, 4) is 0 Å². The number of hydrogen-bond acceptors (Lipinski definition) is 2. The molecule has 0 aromatic carbocycles. The molecule has 2 N–H and O–H groups in total. The highest BCUT2D eigenvalue weighted by Crippen LogP contribution is 1.59. The molecule has 0 heterocycles. The van der Waals surface area contributed by atoms with Crippen molar-refractivity contribution in [2.75, 3.05) is 0 Å². The zero-order valence-corrected chi connectivity index (χ0v) is 2.94. The van der Waals surface area contributed by atoms with Crippen LogP contribution < -0.4 is 0 Å². The molecule has 0 amide bonds. The van der Waals surface area contributed by atoms with E-state index >= 15 is 0 Å². The van der Waals surface area contributed by atoms with E-state index in [1.165, 1.54) is 0 Å².